The van der Waals surface area contributed by atoms with Crippen molar-refractivity contribution in [1.82, 2.24) is 19.4 Å². The molecule has 1 saturated heterocycles. The van der Waals surface area contributed by atoms with Gasteiger partial charge in [-0.3, -0.25) is 9.36 Å². The highest BCUT2D eigenvalue weighted by atomic mass is 16.5. The van der Waals surface area contributed by atoms with Gasteiger partial charge in [-0.15, -0.1) is 0 Å². The van der Waals surface area contributed by atoms with Crippen LogP contribution in [-0.4, -0.2) is 64.6 Å². The lowest BCUT2D eigenvalue weighted by Gasteiger charge is -2.36. The predicted octanol–water partition coefficient (Wildman–Crippen LogP) is 3.17. The molecule has 1 aliphatic heterocycles. The minimum absolute atomic E-state index is 0.0963. The molecule has 0 bridgehead atoms. The number of piperidine rings is 1. The van der Waals surface area contributed by atoms with Gasteiger partial charge in [0.15, 0.2) is 0 Å². The molecule has 154 valence electrons. The summed E-state index contributed by atoms with van der Waals surface area (Å²) in [5.74, 6) is 1.39. The monoisotopic (exact) mass is 396 g/mol. The molecule has 1 aromatic carbocycles. The van der Waals surface area contributed by atoms with E-state index in [1.807, 2.05) is 37.1 Å². The Kier molecular flexibility index (Phi) is 5.30. The van der Waals surface area contributed by atoms with E-state index in [4.69, 9.17) is 4.74 Å². The maximum Gasteiger partial charge on any atom is 0.329 e. The van der Waals surface area contributed by atoms with Crippen LogP contribution in [0.4, 0.5) is 4.79 Å². The lowest BCUT2D eigenvalue weighted by Crippen LogP contribution is -2.48. The zero-order valence-electron chi connectivity index (χ0n) is 17.3. The third-order valence-electron chi connectivity index (χ3n) is 6.05. The van der Waals surface area contributed by atoms with E-state index >= 15 is 0 Å². The molecule has 7 heteroatoms. The number of aryl methyl sites for hydroxylation is 1. The molecule has 7 nitrogen and oxygen atoms in total. The fourth-order valence-electron chi connectivity index (χ4n) is 4.01. The van der Waals surface area contributed by atoms with Crippen molar-refractivity contribution < 1.29 is 14.3 Å². The lowest BCUT2D eigenvalue weighted by molar-refractivity contribution is -0.133. The number of benzene rings is 1. The first-order valence-electron chi connectivity index (χ1n) is 10.2. The van der Waals surface area contributed by atoms with E-state index in [0.29, 0.717) is 5.91 Å². The van der Waals surface area contributed by atoms with E-state index in [1.165, 1.54) is 4.57 Å². The van der Waals surface area contributed by atoms with E-state index in [0.717, 1.165) is 61.3 Å². The zero-order chi connectivity index (χ0) is 20.5. The van der Waals surface area contributed by atoms with Crippen molar-refractivity contribution in [1.29, 1.82) is 0 Å². The van der Waals surface area contributed by atoms with Gasteiger partial charge in [0.25, 0.3) is 0 Å². The molecule has 0 radical (unpaired) electrons. The minimum atomic E-state index is -0.0963. The number of nitrogens with zero attached hydrogens (tertiary/aromatic N) is 4. The first-order valence-corrected chi connectivity index (χ1v) is 10.2. The molecule has 1 aromatic heterocycles. The van der Waals surface area contributed by atoms with E-state index in [9.17, 15) is 9.59 Å². The molecule has 2 aromatic rings. The summed E-state index contributed by atoms with van der Waals surface area (Å²) in [6.45, 7) is 3.45. The summed E-state index contributed by atoms with van der Waals surface area (Å²) in [7, 11) is 3.49. The number of likely N-dealkylation sites (tertiary alicyclic amines) is 1. The lowest BCUT2D eigenvalue weighted by atomic mass is 10.0. The van der Waals surface area contributed by atoms with Gasteiger partial charge in [-0.1, -0.05) is 0 Å². The number of carbonyl (C=O) groups excluding carboxylic acids is 2. The van der Waals surface area contributed by atoms with Crippen LogP contribution in [0.5, 0.6) is 5.75 Å². The Morgan fingerprint density at radius 1 is 1.17 bits per heavy atom. The highest BCUT2D eigenvalue weighted by molar-refractivity contribution is 5.81. The van der Waals surface area contributed by atoms with Crippen LogP contribution in [0.3, 0.4) is 0 Å². The van der Waals surface area contributed by atoms with Crippen LogP contribution in [-0.2, 0) is 4.79 Å². The Hall–Kier alpha value is -2.83. The van der Waals surface area contributed by atoms with Gasteiger partial charge in [-0.2, -0.15) is 0 Å². The zero-order valence-corrected chi connectivity index (χ0v) is 17.3. The summed E-state index contributed by atoms with van der Waals surface area (Å²) >= 11 is 0. The Labute approximate surface area is 171 Å². The third-order valence-corrected chi connectivity index (χ3v) is 6.05. The maximum atomic E-state index is 12.9. The molecule has 0 N–H and O–H groups in total. The van der Waals surface area contributed by atoms with Gasteiger partial charge in [0.05, 0.1) is 12.8 Å². The van der Waals surface area contributed by atoms with Crippen molar-refractivity contribution in [2.45, 2.75) is 38.6 Å². The molecule has 0 unspecified atom stereocenters. The summed E-state index contributed by atoms with van der Waals surface area (Å²) in [6.07, 6.45) is 7.05. The minimum Gasteiger partial charge on any atom is -0.496 e. The summed E-state index contributed by atoms with van der Waals surface area (Å²) in [5.41, 5.74) is 2.72. The molecule has 2 heterocycles. The smallest absolute Gasteiger partial charge is 0.329 e. The van der Waals surface area contributed by atoms with Crippen molar-refractivity contribution in [3.63, 3.8) is 0 Å². The first-order chi connectivity index (χ1) is 14.0. The van der Waals surface area contributed by atoms with Gasteiger partial charge in [-0.25, -0.2) is 9.78 Å². The summed E-state index contributed by atoms with van der Waals surface area (Å²) in [5, 5.41) is 0. The molecular weight excluding hydrogens is 368 g/mol. The van der Waals surface area contributed by atoms with Crippen LogP contribution in [0.2, 0.25) is 0 Å². The van der Waals surface area contributed by atoms with Crippen molar-refractivity contribution in [2.75, 3.05) is 27.2 Å². The van der Waals surface area contributed by atoms with Gasteiger partial charge < -0.3 is 14.5 Å². The SMILES string of the molecule is COc1ccc(-c2cn(C(=O)N(C)C3CCN(C(=O)C4CC4)CC3)cn2)cc1C. The molecule has 2 amide bonds. The normalized spacial score (nSPS) is 17.3. The molecule has 1 aliphatic carbocycles. The van der Waals surface area contributed by atoms with Crippen LogP contribution in [0, 0.1) is 12.8 Å². The number of imidazole rings is 1. The number of aromatic nitrogens is 2. The molecule has 4 rings (SSSR count). The van der Waals surface area contributed by atoms with Gasteiger partial charge >= 0.3 is 6.03 Å². The second-order valence-electron chi connectivity index (χ2n) is 8.07. The molecule has 2 fully saturated rings. The number of amides is 2. The van der Waals surface area contributed by atoms with E-state index in [-0.39, 0.29) is 18.0 Å². The van der Waals surface area contributed by atoms with Crippen LogP contribution in [0.25, 0.3) is 11.3 Å². The Morgan fingerprint density at radius 2 is 1.90 bits per heavy atom. The third kappa shape index (κ3) is 3.99. The average molecular weight is 396 g/mol. The summed E-state index contributed by atoms with van der Waals surface area (Å²) < 4.78 is 6.84. The van der Waals surface area contributed by atoms with Gasteiger partial charge in [-0.05, 0) is 56.4 Å². The topological polar surface area (TPSA) is 67.7 Å². The van der Waals surface area contributed by atoms with Crippen molar-refractivity contribution in [3.8, 4) is 17.0 Å². The molecule has 29 heavy (non-hydrogen) atoms. The number of hydrogen-bond donors (Lipinski definition) is 0. The van der Waals surface area contributed by atoms with Crippen LogP contribution in [0.1, 0.15) is 31.2 Å². The molecular formula is C22H28N4O3. The fourth-order valence-corrected chi connectivity index (χ4v) is 4.01. The fraction of sp³-hybridized carbons (Fsp3) is 0.500. The Balaban J connectivity index is 1.39. The molecule has 0 spiro atoms. The number of methoxy groups -OCH3 is 1. The summed E-state index contributed by atoms with van der Waals surface area (Å²) in [6, 6.07) is 5.90. The quantitative estimate of drug-likeness (QED) is 0.796. The molecule has 0 atom stereocenters. The van der Waals surface area contributed by atoms with Crippen molar-refractivity contribution >= 4 is 11.9 Å². The number of hydrogen-bond acceptors (Lipinski definition) is 4. The number of carbonyl (C=O) groups is 2. The highest BCUT2D eigenvalue weighted by Crippen LogP contribution is 2.32. The van der Waals surface area contributed by atoms with Crippen LogP contribution in [0.15, 0.2) is 30.7 Å². The van der Waals surface area contributed by atoms with Gasteiger partial charge in [0.1, 0.15) is 12.1 Å². The van der Waals surface area contributed by atoms with Gasteiger partial charge in [0.2, 0.25) is 5.91 Å². The maximum absolute atomic E-state index is 12.9. The highest BCUT2D eigenvalue weighted by Gasteiger charge is 2.36. The number of rotatable bonds is 4. The van der Waals surface area contributed by atoms with Crippen LogP contribution >= 0.6 is 0 Å². The second kappa shape index (κ2) is 7.89. The van der Waals surface area contributed by atoms with E-state index < -0.39 is 0 Å². The van der Waals surface area contributed by atoms with E-state index in [1.54, 1.807) is 24.5 Å². The summed E-state index contributed by atoms with van der Waals surface area (Å²) in [4.78, 5) is 33.3. The van der Waals surface area contributed by atoms with Crippen molar-refractivity contribution in [2.24, 2.45) is 5.92 Å². The second-order valence-corrected chi connectivity index (χ2v) is 8.07. The largest absolute Gasteiger partial charge is 0.496 e. The van der Waals surface area contributed by atoms with Crippen LogP contribution < -0.4 is 4.74 Å². The average Bonchev–Trinajstić information content (AvgIpc) is 3.48. The first kappa shape index (κ1) is 19.5. The van der Waals surface area contributed by atoms with Gasteiger partial charge in [0, 0.05) is 43.9 Å². The van der Waals surface area contributed by atoms with E-state index in [2.05, 4.69) is 4.98 Å². The molecule has 1 saturated carbocycles. The standard InChI is InChI=1S/C22H28N4O3/c1-15-12-17(6-7-20(15)29-3)19-13-26(14-23-19)22(28)24(2)18-8-10-25(11-9-18)21(27)16-4-5-16/h6-7,12-14,16,18H,4-5,8-11H2,1-3H3. The predicted molar refractivity (Wildman–Crippen MR) is 110 cm³/mol. The number of ether oxygens (including phenoxy) is 1. The Morgan fingerprint density at radius 3 is 2.52 bits per heavy atom. The van der Waals surface area contributed by atoms with Crippen molar-refractivity contribution in [3.05, 3.63) is 36.3 Å². The Bertz CT molecular complexity index is 911. The molecule has 2 aliphatic rings.